The molecule has 9 aromatic rings. The summed E-state index contributed by atoms with van der Waals surface area (Å²) in [6.45, 7) is 0. The van der Waals surface area contributed by atoms with E-state index < -0.39 is 0 Å². The lowest BCUT2D eigenvalue weighted by Gasteiger charge is -2.14. The van der Waals surface area contributed by atoms with E-state index in [1.165, 1.54) is 54.1 Å². The summed E-state index contributed by atoms with van der Waals surface area (Å²) in [5.41, 5.74) is 7.57. The maximum Gasteiger partial charge on any atom is 0.0710 e. The average molecular weight is 548 g/mol. The molecular weight excluding hydrogens is 522 g/mol. The number of aromatic nitrogens is 3. The van der Waals surface area contributed by atoms with Crippen LogP contribution in [0.5, 0.6) is 0 Å². The predicted octanol–water partition coefficient (Wildman–Crippen LogP) is 10.4. The molecule has 3 heteroatoms. The Balaban J connectivity index is 1.45. The molecule has 0 saturated heterocycles. The Bertz CT molecular complexity index is 2490. The summed E-state index contributed by atoms with van der Waals surface area (Å²) in [7, 11) is 0. The van der Waals surface area contributed by atoms with Gasteiger partial charge >= 0.3 is 0 Å². The van der Waals surface area contributed by atoms with E-state index in [1.54, 1.807) is 0 Å². The van der Waals surface area contributed by atoms with Crippen LogP contribution in [0.25, 0.3) is 82.3 Å². The number of benzene rings is 6. The van der Waals surface area contributed by atoms with Crippen LogP contribution in [0.2, 0.25) is 0 Å². The summed E-state index contributed by atoms with van der Waals surface area (Å²) >= 11 is 0. The highest BCUT2D eigenvalue weighted by Gasteiger charge is 2.21. The van der Waals surface area contributed by atoms with Crippen LogP contribution in [-0.2, 0) is 0 Å². The fourth-order valence-electron chi connectivity index (χ4n) is 6.77. The van der Waals surface area contributed by atoms with E-state index in [1.807, 2.05) is 24.5 Å². The van der Waals surface area contributed by atoms with Gasteiger partial charge in [0.25, 0.3) is 0 Å². The van der Waals surface area contributed by atoms with E-state index in [9.17, 15) is 0 Å². The first-order chi connectivity index (χ1) is 21.3. The van der Waals surface area contributed by atoms with E-state index in [4.69, 9.17) is 4.98 Å². The van der Waals surface area contributed by atoms with Crippen LogP contribution in [0.4, 0.5) is 0 Å². The molecule has 0 N–H and O–H groups in total. The quantitative estimate of drug-likeness (QED) is 0.206. The van der Waals surface area contributed by atoms with Crippen molar-refractivity contribution >= 4 is 54.1 Å². The minimum absolute atomic E-state index is 0.937. The molecule has 43 heavy (non-hydrogen) atoms. The number of para-hydroxylation sites is 1. The van der Waals surface area contributed by atoms with E-state index in [-0.39, 0.29) is 0 Å². The summed E-state index contributed by atoms with van der Waals surface area (Å²) in [4.78, 5) is 9.26. The van der Waals surface area contributed by atoms with Gasteiger partial charge in [-0.1, -0.05) is 97.1 Å². The highest BCUT2D eigenvalue weighted by Crippen LogP contribution is 2.45. The minimum atomic E-state index is 0.937. The van der Waals surface area contributed by atoms with Gasteiger partial charge in [-0.15, -0.1) is 0 Å². The number of nitrogens with zero attached hydrogens (tertiary/aromatic N) is 3. The van der Waals surface area contributed by atoms with Crippen molar-refractivity contribution in [3.8, 4) is 28.2 Å². The van der Waals surface area contributed by atoms with Gasteiger partial charge in [0.15, 0.2) is 0 Å². The normalized spacial score (nSPS) is 11.7. The molecular formula is C40H25N3. The molecule has 0 aliphatic heterocycles. The van der Waals surface area contributed by atoms with Crippen molar-refractivity contribution in [2.45, 2.75) is 0 Å². The summed E-state index contributed by atoms with van der Waals surface area (Å²) in [5, 5.41) is 10.1. The van der Waals surface area contributed by atoms with Gasteiger partial charge in [-0.25, -0.2) is 4.98 Å². The fraction of sp³-hybridized carbons (Fsp3) is 0. The molecule has 6 aromatic carbocycles. The summed E-state index contributed by atoms with van der Waals surface area (Å²) in [6.07, 6.45) is 3.62. The van der Waals surface area contributed by atoms with Gasteiger partial charge in [0.1, 0.15) is 0 Å². The molecule has 0 bridgehead atoms. The molecule has 3 aromatic heterocycles. The van der Waals surface area contributed by atoms with Crippen LogP contribution >= 0.6 is 0 Å². The van der Waals surface area contributed by atoms with Crippen molar-refractivity contribution in [3.63, 3.8) is 0 Å². The predicted molar refractivity (Wildman–Crippen MR) is 180 cm³/mol. The van der Waals surface area contributed by atoms with Crippen LogP contribution < -0.4 is 0 Å². The first-order valence-electron chi connectivity index (χ1n) is 14.6. The number of rotatable bonds is 3. The molecule has 200 valence electrons. The van der Waals surface area contributed by atoms with E-state index >= 15 is 0 Å². The molecule has 0 spiro atoms. The highest BCUT2D eigenvalue weighted by molar-refractivity contribution is 6.36. The Morgan fingerprint density at radius 2 is 1.09 bits per heavy atom. The van der Waals surface area contributed by atoms with Gasteiger partial charge < -0.3 is 4.57 Å². The first-order valence-corrected chi connectivity index (χ1v) is 14.6. The molecule has 0 aliphatic carbocycles. The summed E-state index contributed by atoms with van der Waals surface area (Å²) < 4.78 is 2.46. The van der Waals surface area contributed by atoms with E-state index in [2.05, 4.69) is 137 Å². The zero-order valence-corrected chi connectivity index (χ0v) is 23.3. The van der Waals surface area contributed by atoms with Gasteiger partial charge in [0.2, 0.25) is 0 Å². The second-order valence-electron chi connectivity index (χ2n) is 11.0. The van der Waals surface area contributed by atoms with Crippen molar-refractivity contribution in [2.75, 3.05) is 0 Å². The van der Waals surface area contributed by atoms with Crippen molar-refractivity contribution in [1.29, 1.82) is 0 Å². The van der Waals surface area contributed by atoms with E-state index in [0.29, 0.717) is 0 Å². The van der Waals surface area contributed by atoms with Gasteiger partial charge in [0.05, 0.1) is 22.4 Å². The second-order valence-corrected chi connectivity index (χ2v) is 11.0. The van der Waals surface area contributed by atoms with Crippen LogP contribution in [-0.4, -0.2) is 14.5 Å². The van der Waals surface area contributed by atoms with Crippen molar-refractivity contribution < 1.29 is 0 Å². The van der Waals surface area contributed by atoms with Crippen LogP contribution in [0.3, 0.4) is 0 Å². The van der Waals surface area contributed by atoms with Crippen LogP contribution in [0.15, 0.2) is 152 Å². The third-order valence-electron chi connectivity index (χ3n) is 8.66. The molecule has 3 heterocycles. The average Bonchev–Trinajstić information content (AvgIpc) is 3.43. The van der Waals surface area contributed by atoms with E-state index in [0.717, 1.165) is 28.2 Å². The maximum absolute atomic E-state index is 5.08. The standard InChI is InChI=1S/C40H25N3/c1-2-10-29(11-3-1)43-37-25-28(36-16-8-15-35(42-36)27-21-23-41-24-22-27)18-20-34(37)39-32-14-7-6-13-31(32)33-19-17-26-9-4-5-12-30(26)38(33)40(39)43/h1-25H. The molecule has 0 unspecified atom stereocenters. The third kappa shape index (κ3) is 3.62. The Morgan fingerprint density at radius 1 is 0.442 bits per heavy atom. The summed E-state index contributed by atoms with van der Waals surface area (Å²) in [6, 6.07) is 50.0. The van der Waals surface area contributed by atoms with Crippen LogP contribution in [0, 0.1) is 0 Å². The molecule has 3 nitrogen and oxygen atoms in total. The number of fused-ring (bicyclic) bond motifs is 10. The zero-order chi connectivity index (χ0) is 28.3. The maximum atomic E-state index is 5.08. The monoisotopic (exact) mass is 547 g/mol. The molecule has 9 rings (SSSR count). The number of pyridine rings is 2. The van der Waals surface area contributed by atoms with Gasteiger partial charge in [-0.2, -0.15) is 0 Å². The molecule has 0 radical (unpaired) electrons. The SMILES string of the molecule is c1ccc(-n2c3cc(-c4cccc(-c5ccncc5)n4)ccc3c3c4ccccc4c4ccc5ccccc5c4c32)cc1. The van der Waals surface area contributed by atoms with Crippen molar-refractivity contribution in [1.82, 2.24) is 14.5 Å². The smallest absolute Gasteiger partial charge is 0.0710 e. The lowest BCUT2D eigenvalue weighted by Crippen LogP contribution is -1.95. The Kier molecular flexibility index (Phi) is 5.20. The highest BCUT2D eigenvalue weighted by atomic mass is 15.0. The summed E-state index contributed by atoms with van der Waals surface area (Å²) in [5.74, 6) is 0. The number of hydrogen-bond donors (Lipinski definition) is 0. The second kappa shape index (κ2) is 9.37. The Morgan fingerprint density at radius 3 is 1.93 bits per heavy atom. The topological polar surface area (TPSA) is 30.7 Å². The Labute approximate surface area is 248 Å². The lowest BCUT2D eigenvalue weighted by molar-refractivity contribution is 1.19. The fourth-order valence-corrected chi connectivity index (χ4v) is 6.77. The molecule has 0 fully saturated rings. The van der Waals surface area contributed by atoms with Crippen LogP contribution in [0.1, 0.15) is 0 Å². The Hall–Kier alpha value is -5.80. The lowest BCUT2D eigenvalue weighted by atomic mass is 9.93. The van der Waals surface area contributed by atoms with Gasteiger partial charge in [-0.3, -0.25) is 4.98 Å². The zero-order valence-electron chi connectivity index (χ0n) is 23.3. The largest absolute Gasteiger partial charge is 0.309 e. The van der Waals surface area contributed by atoms with Crippen molar-refractivity contribution in [3.05, 3.63) is 152 Å². The van der Waals surface area contributed by atoms with Crippen molar-refractivity contribution in [2.24, 2.45) is 0 Å². The third-order valence-corrected chi connectivity index (χ3v) is 8.66. The number of hydrogen-bond acceptors (Lipinski definition) is 2. The molecule has 0 atom stereocenters. The molecule has 0 amide bonds. The molecule has 0 aliphatic rings. The van der Waals surface area contributed by atoms with Gasteiger partial charge in [0, 0.05) is 45.4 Å². The molecule has 0 saturated carbocycles. The minimum Gasteiger partial charge on any atom is -0.309 e. The van der Waals surface area contributed by atoms with Gasteiger partial charge in [-0.05, 0) is 69.4 Å². The first kappa shape index (κ1) is 23.9.